The lowest BCUT2D eigenvalue weighted by molar-refractivity contribution is 0.105. The number of hydrogen-bond donors (Lipinski definition) is 1. The molecule has 1 aliphatic rings. The van der Waals surface area contributed by atoms with E-state index in [9.17, 15) is 0 Å². The number of aryl methyl sites for hydroxylation is 1. The van der Waals surface area contributed by atoms with Crippen molar-refractivity contribution < 1.29 is 9.47 Å². The standard InChI is InChI=1S/C13H18N6O2/c1-8-4-12(16-13(15-8)21-3)19-6-9(11(7-19)20-2)10-5-14-18-17-10/h4-5,9,11H,6-7H2,1-3H3,(H,14,17,18)/t9-,11+/m0/s1. The van der Waals surface area contributed by atoms with E-state index in [-0.39, 0.29) is 12.0 Å². The molecule has 0 unspecified atom stereocenters. The van der Waals surface area contributed by atoms with E-state index in [0.717, 1.165) is 30.3 Å². The van der Waals surface area contributed by atoms with Crippen LogP contribution in [-0.4, -0.2) is 58.8 Å². The highest BCUT2D eigenvalue weighted by molar-refractivity contribution is 5.43. The average molecular weight is 290 g/mol. The lowest BCUT2D eigenvalue weighted by Crippen LogP contribution is -2.23. The molecule has 0 aromatic carbocycles. The molecular formula is C13H18N6O2. The van der Waals surface area contributed by atoms with Gasteiger partial charge >= 0.3 is 6.01 Å². The molecule has 0 bridgehead atoms. The molecule has 1 fully saturated rings. The van der Waals surface area contributed by atoms with Gasteiger partial charge in [-0.25, -0.2) is 4.98 Å². The lowest BCUT2D eigenvalue weighted by atomic mass is 10.0. The second-order valence-corrected chi connectivity index (χ2v) is 5.03. The van der Waals surface area contributed by atoms with Gasteiger partial charge in [-0.3, -0.25) is 0 Å². The minimum Gasteiger partial charge on any atom is -0.467 e. The fraction of sp³-hybridized carbons (Fsp3) is 0.538. The fourth-order valence-corrected chi connectivity index (χ4v) is 2.65. The molecule has 8 heteroatoms. The van der Waals surface area contributed by atoms with Gasteiger partial charge in [0.15, 0.2) is 0 Å². The Morgan fingerprint density at radius 3 is 2.81 bits per heavy atom. The van der Waals surface area contributed by atoms with Gasteiger partial charge in [0.1, 0.15) is 5.82 Å². The van der Waals surface area contributed by atoms with Crippen molar-refractivity contribution in [1.82, 2.24) is 25.4 Å². The molecule has 0 saturated carbocycles. The molecule has 2 aromatic heterocycles. The number of anilines is 1. The largest absolute Gasteiger partial charge is 0.467 e. The van der Waals surface area contributed by atoms with Crippen LogP contribution in [0.3, 0.4) is 0 Å². The highest BCUT2D eigenvalue weighted by Crippen LogP contribution is 2.31. The van der Waals surface area contributed by atoms with Gasteiger partial charge in [0, 0.05) is 32.0 Å². The third kappa shape index (κ3) is 2.66. The van der Waals surface area contributed by atoms with Crippen LogP contribution in [0.5, 0.6) is 6.01 Å². The molecule has 112 valence electrons. The third-order valence-corrected chi connectivity index (χ3v) is 3.71. The third-order valence-electron chi connectivity index (χ3n) is 3.71. The Morgan fingerprint density at radius 2 is 2.14 bits per heavy atom. The SMILES string of the molecule is COc1nc(C)cc(N2C[C@@H](OC)[C@H](c3cn[nH]n3)C2)n1. The van der Waals surface area contributed by atoms with Crippen LogP contribution in [0, 0.1) is 6.92 Å². The molecule has 1 saturated heterocycles. The molecule has 0 aliphatic carbocycles. The normalized spacial score (nSPS) is 21.8. The Bertz CT molecular complexity index is 603. The van der Waals surface area contributed by atoms with Gasteiger partial charge in [-0.05, 0) is 6.92 Å². The quantitative estimate of drug-likeness (QED) is 0.878. The predicted molar refractivity (Wildman–Crippen MR) is 75.5 cm³/mol. The van der Waals surface area contributed by atoms with E-state index in [2.05, 4.69) is 30.3 Å². The molecule has 3 heterocycles. The van der Waals surface area contributed by atoms with Crippen LogP contribution in [0.1, 0.15) is 17.3 Å². The fourth-order valence-electron chi connectivity index (χ4n) is 2.65. The van der Waals surface area contributed by atoms with E-state index in [4.69, 9.17) is 9.47 Å². The molecule has 2 aromatic rings. The van der Waals surface area contributed by atoms with E-state index in [1.807, 2.05) is 13.0 Å². The number of nitrogens with one attached hydrogen (secondary N) is 1. The summed E-state index contributed by atoms with van der Waals surface area (Å²) in [5.41, 5.74) is 1.78. The molecule has 3 rings (SSSR count). The molecular weight excluding hydrogens is 272 g/mol. The van der Waals surface area contributed by atoms with Crippen LogP contribution in [-0.2, 0) is 4.74 Å². The smallest absolute Gasteiger partial charge is 0.318 e. The number of rotatable bonds is 4. The first-order chi connectivity index (χ1) is 10.2. The van der Waals surface area contributed by atoms with Crippen molar-refractivity contribution in [3.8, 4) is 6.01 Å². The summed E-state index contributed by atoms with van der Waals surface area (Å²) in [6, 6.07) is 2.32. The number of aromatic nitrogens is 5. The highest BCUT2D eigenvalue weighted by Gasteiger charge is 2.36. The van der Waals surface area contributed by atoms with E-state index < -0.39 is 0 Å². The summed E-state index contributed by atoms with van der Waals surface area (Å²) < 4.78 is 10.7. The minimum absolute atomic E-state index is 0.0522. The van der Waals surface area contributed by atoms with Gasteiger partial charge in [0.05, 0.1) is 31.0 Å². The molecule has 21 heavy (non-hydrogen) atoms. The van der Waals surface area contributed by atoms with Gasteiger partial charge in [0.2, 0.25) is 0 Å². The van der Waals surface area contributed by atoms with Crippen molar-refractivity contribution in [1.29, 1.82) is 0 Å². The van der Waals surface area contributed by atoms with Crippen molar-refractivity contribution in [3.63, 3.8) is 0 Å². The van der Waals surface area contributed by atoms with E-state index in [1.165, 1.54) is 0 Å². The van der Waals surface area contributed by atoms with Crippen LogP contribution in [0.4, 0.5) is 5.82 Å². The zero-order chi connectivity index (χ0) is 14.8. The maximum Gasteiger partial charge on any atom is 0.318 e. The summed E-state index contributed by atoms with van der Waals surface area (Å²) in [5.74, 6) is 1.00. The van der Waals surface area contributed by atoms with Crippen molar-refractivity contribution in [2.24, 2.45) is 0 Å². The Balaban J connectivity index is 1.86. The Morgan fingerprint density at radius 1 is 1.29 bits per heavy atom. The maximum atomic E-state index is 5.59. The Hall–Kier alpha value is -2.22. The van der Waals surface area contributed by atoms with Gasteiger partial charge in [0.25, 0.3) is 0 Å². The molecule has 0 spiro atoms. The Labute approximate surface area is 122 Å². The number of methoxy groups -OCH3 is 2. The number of ether oxygens (including phenoxy) is 2. The highest BCUT2D eigenvalue weighted by atomic mass is 16.5. The zero-order valence-corrected chi connectivity index (χ0v) is 12.3. The number of aromatic amines is 1. The van der Waals surface area contributed by atoms with Crippen molar-refractivity contribution in [2.75, 3.05) is 32.2 Å². The van der Waals surface area contributed by atoms with Crippen molar-refractivity contribution in [2.45, 2.75) is 18.9 Å². The van der Waals surface area contributed by atoms with Gasteiger partial charge < -0.3 is 14.4 Å². The molecule has 8 nitrogen and oxygen atoms in total. The van der Waals surface area contributed by atoms with Crippen LogP contribution >= 0.6 is 0 Å². The molecule has 0 amide bonds. The van der Waals surface area contributed by atoms with E-state index in [1.54, 1.807) is 20.4 Å². The van der Waals surface area contributed by atoms with E-state index >= 15 is 0 Å². The molecule has 1 N–H and O–H groups in total. The number of hydrogen-bond acceptors (Lipinski definition) is 7. The van der Waals surface area contributed by atoms with Crippen LogP contribution < -0.4 is 9.64 Å². The number of nitrogens with zero attached hydrogens (tertiary/aromatic N) is 5. The summed E-state index contributed by atoms with van der Waals surface area (Å²) in [6.07, 6.45) is 1.79. The van der Waals surface area contributed by atoms with Crippen LogP contribution in [0.2, 0.25) is 0 Å². The first-order valence-corrected chi connectivity index (χ1v) is 6.74. The van der Waals surface area contributed by atoms with E-state index in [0.29, 0.717) is 6.01 Å². The first-order valence-electron chi connectivity index (χ1n) is 6.74. The summed E-state index contributed by atoms with van der Waals surface area (Å²) in [6.45, 7) is 3.44. The second kappa shape index (κ2) is 5.65. The van der Waals surface area contributed by atoms with Gasteiger partial charge in [-0.1, -0.05) is 0 Å². The Kier molecular flexibility index (Phi) is 3.70. The summed E-state index contributed by atoms with van der Waals surface area (Å²) in [7, 11) is 3.28. The number of H-pyrrole nitrogens is 1. The summed E-state index contributed by atoms with van der Waals surface area (Å²) in [5, 5.41) is 10.7. The predicted octanol–water partition coefficient (Wildman–Crippen LogP) is 0.531. The van der Waals surface area contributed by atoms with Gasteiger partial charge in [-0.15, -0.1) is 0 Å². The summed E-state index contributed by atoms with van der Waals surface area (Å²) >= 11 is 0. The monoisotopic (exact) mass is 290 g/mol. The topological polar surface area (TPSA) is 89.0 Å². The average Bonchev–Trinajstić information content (AvgIpc) is 3.15. The van der Waals surface area contributed by atoms with Crippen molar-refractivity contribution in [3.05, 3.63) is 23.7 Å². The molecule has 2 atom stereocenters. The van der Waals surface area contributed by atoms with Crippen LogP contribution in [0.25, 0.3) is 0 Å². The summed E-state index contributed by atoms with van der Waals surface area (Å²) in [4.78, 5) is 10.8. The second-order valence-electron chi connectivity index (χ2n) is 5.03. The molecule has 0 radical (unpaired) electrons. The molecule has 1 aliphatic heterocycles. The zero-order valence-electron chi connectivity index (χ0n) is 12.3. The maximum absolute atomic E-state index is 5.59. The van der Waals surface area contributed by atoms with Gasteiger partial charge in [-0.2, -0.15) is 20.4 Å². The first kappa shape index (κ1) is 13.7. The lowest BCUT2D eigenvalue weighted by Gasteiger charge is -2.17. The van der Waals surface area contributed by atoms with Crippen molar-refractivity contribution >= 4 is 5.82 Å². The minimum atomic E-state index is 0.0522. The van der Waals surface area contributed by atoms with Crippen LogP contribution in [0.15, 0.2) is 12.3 Å².